The van der Waals surface area contributed by atoms with Gasteiger partial charge in [-0.3, -0.25) is 9.80 Å². The highest BCUT2D eigenvalue weighted by atomic mass is 79.9. The molecule has 0 bridgehead atoms. The molecular formula is C12H10BrClFN3O. The lowest BCUT2D eigenvalue weighted by Gasteiger charge is -2.27. The van der Waals surface area contributed by atoms with Crippen LogP contribution in [0.25, 0.3) is 5.70 Å². The van der Waals surface area contributed by atoms with Crippen molar-refractivity contribution in [1.82, 2.24) is 10.3 Å². The number of nitrogens with zero attached hydrogens (tertiary/aromatic N) is 2. The zero-order valence-corrected chi connectivity index (χ0v) is 12.3. The second-order valence-electron chi connectivity index (χ2n) is 3.85. The number of fused-ring (bicyclic) bond motifs is 1. The van der Waals surface area contributed by atoms with Gasteiger partial charge in [0.1, 0.15) is 12.4 Å². The third-order valence-electron chi connectivity index (χ3n) is 2.70. The molecule has 1 amide bonds. The molecule has 0 saturated heterocycles. The van der Waals surface area contributed by atoms with E-state index in [1.54, 1.807) is 12.1 Å². The van der Waals surface area contributed by atoms with E-state index in [1.165, 1.54) is 12.1 Å². The molecule has 0 fully saturated rings. The van der Waals surface area contributed by atoms with Crippen LogP contribution < -0.4 is 5.32 Å². The highest BCUT2D eigenvalue weighted by molar-refractivity contribution is 9.10. The van der Waals surface area contributed by atoms with E-state index in [0.717, 1.165) is 0 Å². The van der Waals surface area contributed by atoms with Crippen LogP contribution in [0.1, 0.15) is 11.1 Å². The summed E-state index contributed by atoms with van der Waals surface area (Å²) in [6.45, 7) is 3.80. The van der Waals surface area contributed by atoms with Gasteiger partial charge >= 0.3 is 0 Å². The minimum atomic E-state index is -0.494. The smallest absolute Gasteiger partial charge is 0.241 e. The Morgan fingerprint density at radius 3 is 2.95 bits per heavy atom. The number of hydrogen-bond donors (Lipinski definition) is 1. The second kappa shape index (κ2) is 5.30. The number of carbonyl (C=O) groups excluding carboxylic acids is 1. The number of hydrogen-bond acceptors (Lipinski definition) is 3. The SMILES string of the molecule is C=C1c2ccc(Br)c(F)c2C(Cl)=NN1CC(=O)NC. The Bertz CT molecular complexity index is 603. The molecule has 0 aliphatic carbocycles. The van der Waals surface area contributed by atoms with Gasteiger partial charge in [0.25, 0.3) is 0 Å². The third kappa shape index (κ3) is 2.50. The largest absolute Gasteiger partial charge is 0.358 e. The summed E-state index contributed by atoms with van der Waals surface area (Å²) in [5.74, 6) is -0.734. The van der Waals surface area contributed by atoms with Crippen LogP contribution >= 0.6 is 27.5 Å². The Morgan fingerprint density at radius 2 is 2.32 bits per heavy atom. The van der Waals surface area contributed by atoms with Crippen LogP contribution in [0.5, 0.6) is 0 Å². The van der Waals surface area contributed by atoms with Crippen molar-refractivity contribution >= 4 is 44.3 Å². The molecular weight excluding hydrogens is 337 g/mol. The molecule has 1 aromatic carbocycles. The predicted molar refractivity (Wildman–Crippen MR) is 76.3 cm³/mol. The molecule has 7 heteroatoms. The Labute approximate surface area is 123 Å². The molecule has 100 valence electrons. The zero-order chi connectivity index (χ0) is 14.2. The van der Waals surface area contributed by atoms with E-state index in [4.69, 9.17) is 11.6 Å². The number of carbonyl (C=O) groups is 1. The predicted octanol–water partition coefficient (Wildman–Crippen LogP) is 2.52. The number of benzene rings is 1. The fourth-order valence-corrected chi connectivity index (χ4v) is 2.30. The van der Waals surface area contributed by atoms with E-state index in [1.807, 2.05) is 0 Å². The van der Waals surface area contributed by atoms with Crippen LogP contribution in [0.4, 0.5) is 4.39 Å². The quantitative estimate of drug-likeness (QED) is 0.894. The van der Waals surface area contributed by atoms with Gasteiger partial charge in [0, 0.05) is 12.6 Å². The number of nitrogens with one attached hydrogen (secondary N) is 1. The highest BCUT2D eigenvalue weighted by Crippen LogP contribution is 2.33. The van der Waals surface area contributed by atoms with Crippen molar-refractivity contribution < 1.29 is 9.18 Å². The average molecular weight is 347 g/mol. The second-order valence-corrected chi connectivity index (χ2v) is 5.06. The van der Waals surface area contributed by atoms with Gasteiger partial charge in [-0.25, -0.2) is 4.39 Å². The molecule has 2 rings (SSSR count). The van der Waals surface area contributed by atoms with Crippen LogP contribution in [0.3, 0.4) is 0 Å². The van der Waals surface area contributed by atoms with E-state index in [-0.39, 0.29) is 23.2 Å². The summed E-state index contributed by atoms with van der Waals surface area (Å²) in [4.78, 5) is 11.4. The van der Waals surface area contributed by atoms with Gasteiger partial charge in [-0.2, -0.15) is 5.10 Å². The number of halogens is 3. The van der Waals surface area contributed by atoms with Crippen LogP contribution in [0.2, 0.25) is 0 Å². The minimum Gasteiger partial charge on any atom is -0.358 e. The topological polar surface area (TPSA) is 44.7 Å². The first-order chi connectivity index (χ1) is 8.95. The van der Waals surface area contributed by atoms with Crippen molar-refractivity contribution in [3.05, 3.63) is 40.1 Å². The van der Waals surface area contributed by atoms with Gasteiger partial charge in [-0.1, -0.05) is 24.2 Å². The Morgan fingerprint density at radius 1 is 1.63 bits per heavy atom. The van der Waals surface area contributed by atoms with E-state index in [9.17, 15) is 9.18 Å². The number of amides is 1. The highest BCUT2D eigenvalue weighted by Gasteiger charge is 2.26. The molecule has 1 aliphatic rings. The molecule has 0 aromatic heterocycles. The van der Waals surface area contributed by atoms with Gasteiger partial charge < -0.3 is 5.32 Å². The first-order valence-electron chi connectivity index (χ1n) is 5.35. The summed E-state index contributed by atoms with van der Waals surface area (Å²) in [5.41, 5.74) is 1.13. The van der Waals surface area contributed by atoms with Crippen molar-refractivity contribution in [2.45, 2.75) is 0 Å². The molecule has 0 saturated carbocycles. The first kappa shape index (κ1) is 14.0. The van der Waals surface area contributed by atoms with Crippen molar-refractivity contribution in [3.8, 4) is 0 Å². The Hall–Kier alpha value is -1.40. The van der Waals surface area contributed by atoms with Crippen LogP contribution in [-0.4, -0.2) is 29.7 Å². The zero-order valence-electron chi connectivity index (χ0n) is 10.0. The lowest BCUT2D eigenvalue weighted by molar-refractivity contribution is -0.121. The van der Waals surface area contributed by atoms with Gasteiger partial charge in [0.2, 0.25) is 5.91 Å². The number of likely N-dealkylation sites (N-methyl/N-ethyl adjacent to an activating group) is 1. The van der Waals surface area contributed by atoms with Crippen molar-refractivity contribution in [1.29, 1.82) is 0 Å². The summed E-state index contributed by atoms with van der Waals surface area (Å²) < 4.78 is 14.3. The number of hydrazone groups is 1. The van der Waals surface area contributed by atoms with E-state index >= 15 is 0 Å². The lowest BCUT2D eigenvalue weighted by atomic mass is 10.0. The van der Waals surface area contributed by atoms with Gasteiger partial charge in [0.15, 0.2) is 5.17 Å². The summed E-state index contributed by atoms with van der Waals surface area (Å²) in [5, 5.41) is 7.80. The van der Waals surface area contributed by atoms with E-state index in [0.29, 0.717) is 15.7 Å². The monoisotopic (exact) mass is 345 g/mol. The molecule has 0 atom stereocenters. The standard InChI is InChI=1S/C12H10BrClFN3O/c1-6-7-3-4-8(13)11(15)10(7)12(14)17-18(6)5-9(19)16-2/h3-4H,1,5H2,2H3,(H,16,19). The maximum atomic E-state index is 14.0. The summed E-state index contributed by atoms with van der Waals surface area (Å²) in [6.07, 6.45) is 0. The van der Waals surface area contributed by atoms with Crippen molar-refractivity contribution in [2.75, 3.05) is 13.6 Å². The molecule has 1 aliphatic heterocycles. The first-order valence-corrected chi connectivity index (χ1v) is 6.52. The summed E-state index contributed by atoms with van der Waals surface area (Å²) in [7, 11) is 1.52. The normalized spacial score (nSPS) is 14.0. The van der Waals surface area contributed by atoms with E-state index in [2.05, 4.69) is 32.9 Å². The van der Waals surface area contributed by atoms with Gasteiger partial charge in [-0.05, 0) is 22.0 Å². The lowest BCUT2D eigenvalue weighted by Crippen LogP contribution is -2.34. The molecule has 0 spiro atoms. The number of rotatable bonds is 2. The molecule has 1 N–H and O–H groups in total. The van der Waals surface area contributed by atoms with Gasteiger partial charge in [-0.15, -0.1) is 0 Å². The maximum absolute atomic E-state index is 14.0. The van der Waals surface area contributed by atoms with Crippen LogP contribution in [0.15, 0.2) is 28.3 Å². The summed E-state index contributed by atoms with van der Waals surface area (Å²) in [6, 6.07) is 3.24. The average Bonchev–Trinajstić information content (AvgIpc) is 2.38. The summed E-state index contributed by atoms with van der Waals surface area (Å²) >= 11 is 9.08. The Kier molecular flexibility index (Phi) is 3.91. The molecule has 0 radical (unpaired) electrons. The molecule has 19 heavy (non-hydrogen) atoms. The van der Waals surface area contributed by atoms with E-state index < -0.39 is 5.82 Å². The molecule has 4 nitrogen and oxygen atoms in total. The molecule has 0 unspecified atom stereocenters. The van der Waals surface area contributed by atoms with Crippen molar-refractivity contribution in [2.24, 2.45) is 5.10 Å². The minimum absolute atomic E-state index is 0.00916. The van der Waals surface area contributed by atoms with Crippen LogP contribution in [0, 0.1) is 5.82 Å². The third-order valence-corrected chi connectivity index (χ3v) is 3.58. The molecule has 1 aromatic rings. The van der Waals surface area contributed by atoms with Crippen molar-refractivity contribution in [3.63, 3.8) is 0 Å². The van der Waals surface area contributed by atoms with Crippen LogP contribution in [-0.2, 0) is 4.79 Å². The van der Waals surface area contributed by atoms with Gasteiger partial charge in [0.05, 0.1) is 15.7 Å². The molecule has 1 heterocycles. The Balaban J connectivity index is 2.46. The fourth-order valence-electron chi connectivity index (χ4n) is 1.69. The fraction of sp³-hybridized carbons (Fsp3) is 0.167. The maximum Gasteiger partial charge on any atom is 0.241 e.